The highest BCUT2D eigenvalue weighted by Gasteiger charge is 2.14. The van der Waals surface area contributed by atoms with Crippen LogP contribution in [0.25, 0.3) is 15.7 Å². The molecule has 0 radical (unpaired) electrons. The van der Waals surface area contributed by atoms with Gasteiger partial charge in [-0.25, -0.2) is 0 Å². The van der Waals surface area contributed by atoms with E-state index in [-0.39, 0.29) is 0 Å². The first-order valence-corrected chi connectivity index (χ1v) is 7.22. The van der Waals surface area contributed by atoms with Crippen molar-refractivity contribution >= 4 is 27.4 Å². The van der Waals surface area contributed by atoms with Crippen molar-refractivity contribution in [3.05, 3.63) is 53.6 Å². The largest absolute Gasteiger partial charge is 0.126 e. The van der Waals surface area contributed by atoms with Crippen molar-refractivity contribution in [2.24, 2.45) is 0 Å². The summed E-state index contributed by atoms with van der Waals surface area (Å²) >= 11 is 2.00. The van der Waals surface area contributed by atoms with Crippen LogP contribution in [-0.4, -0.2) is 5.75 Å². The van der Waals surface area contributed by atoms with Gasteiger partial charge in [-0.1, -0.05) is 49.4 Å². The number of benzene rings is 2. The Bertz CT molecular complexity index is 576. The maximum Gasteiger partial charge on any atom is 0.0114 e. The lowest BCUT2D eigenvalue weighted by Gasteiger charge is -2.18. The quantitative estimate of drug-likeness (QED) is 0.736. The Morgan fingerprint density at radius 2 is 1.94 bits per heavy atom. The third kappa shape index (κ3) is 1.89. The monoisotopic (exact) mass is 240 g/mol. The van der Waals surface area contributed by atoms with Crippen LogP contribution in [0.1, 0.15) is 24.5 Å². The molecule has 17 heavy (non-hydrogen) atoms. The standard InChI is InChI=1S/C16H16S/c1-2-11-17-15-10-9-13-6-3-5-12-7-4-8-14(15)16(12)13/h3-8,10H,2,9,11H2,1H3. The molecule has 0 saturated carbocycles. The number of hydrogen-bond donors (Lipinski definition) is 0. The van der Waals surface area contributed by atoms with E-state index in [2.05, 4.69) is 49.4 Å². The lowest BCUT2D eigenvalue weighted by atomic mass is 9.93. The fourth-order valence-corrected chi connectivity index (χ4v) is 3.41. The fourth-order valence-electron chi connectivity index (χ4n) is 2.46. The van der Waals surface area contributed by atoms with Crippen LogP contribution in [0.3, 0.4) is 0 Å². The van der Waals surface area contributed by atoms with Gasteiger partial charge in [-0.2, -0.15) is 0 Å². The van der Waals surface area contributed by atoms with Crippen molar-refractivity contribution < 1.29 is 0 Å². The molecule has 1 aliphatic rings. The first kappa shape index (κ1) is 10.9. The Balaban J connectivity index is 2.14. The second-order valence-corrected chi connectivity index (χ2v) is 5.58. The molecule has 3 rings (SSSR count). The van der Waals surface area contributed by atoms with Gasteiger partial charge < -0.3 is 0 Å². The van der Waals surface area contributed by atoms with Crippen molar-refractivity contribution in [3.8, 4) is 0 Å². The summed E-state index contributed by atoms with van der Waals surface area (Å²) in [5.74, 6) is 1.21. The van der Waals surface area contributed by atoms with Gasteiger partial charge in [0.15, 0.2) is 0 Å². The average Bonchev–Trinajstić information content (AvgIpc) is 2.39. The van der Waals surface area contributed by atoms with Crippen molar-refractivity contribution in [1.29, 1.82) is 0 Å². The van der Waals surface area contributed by atoms with Crippen LogP contribution in [0.2, 0.25) is 0 Å². The molecule has 0 heterocycles. The minimum absolute atomic E-state index is 1.08. The Hall–Kier alpha value is -1.21. The molecular weight excluding hydrogens is 224 g/mol. The molecule has 2 aromatic carbocycles. The number of hydrogen-bond acceptors (Lipinski definition) is 1. The van der Waals surface area contributed by atoms with E-state index in [1.165, 1.54) is 39.0 Å². The van der Waals surface area contributed by atoms with Gasteiger partial charge in [0.2, 0.25) is 0 Å². The fraction of sp³-hybridized carbons (Fsp3) is 0.250. The molecule has 0 aromatic heterocycles. The highest BCUT2D eigenvalue weighted by molar-refractivity contribution is 8.08. The summed E-state index contributed by atoms with van der Waals surface area (Å²) < 4.78 is 0. The van der Waals surface area contributed by atoms with Crippen LogP contribution in [0, 0.1) is 0 Å². The Morgan fingerprint density at radius 1 is 1.12 bits per heavy atom. The van der Waals surface area contributed by atoms with E-state index in [1.54, 1.807) is 0 Å². The van der Waals surface area contributed by atoms with Gasteiger partial charge >= 0.3 is 0 Å². The van der Waals surface area contributed by atoms with E-state index >= 15 is 0 Å². The molecule has 0 bridgehead atoms. The first-order chi connectivity index (χ1) is 8.40. The van der Waals surface area contributed by atoms with Gasteiger partial charge in [-0.15, -0.1) is 11.8 Å². The first-order valence-electron chi connectivity index (χ1n) is 6.24. The second kappa shape index (κ2) is 4.58. The number of rotatable bonds is 3. The maximum atomic E-state index is 2.39. The van der Waals surface area contributed by atoms with E-state index in [9.17, 15) is 0 Å². The molecular formula is C16H16S. The molecule has 0 fully saturated rings. The Kier molecular flexibility index (Phi) is 2.94. The van der Waals surface area contributed by atoms with Crippen LogP contribution in [0.15, 0.2) is 42.5 Å². The average molecular weight is 240 g/mol. The van der Waals surface area contributed by atoms with Gasteiger partial charge in [-0.05, 0) is 40.5 Å². The van der Waals surface area contributed by atoms with Gasteiger partial charge in [0.25, 0.3) is 0 Å². The van der Waals surface area contributed by atoms with E-state index in [0.717, 1.165) is 6.42 Å². The summed E-state index contributed by atoms with van der Waals surface area (Å²) in [4.78, 5) is 1.47. The highest BCUT2D eigenvalue weighted by Crippen LogP contribution is 2.38. The molecule has 0 aliphatic heterocycles. The van der Waals surface area contributed by atoms with Gasteiger partial charge in [0, 0.05) is 4.91 Å². The normalized spacial score (nSPS) is 13.8. The molecule has 0 atom stereocenters. The predicted octanol–water partition coefficient (Wildman–Crippen LogP) is 4.88. The van der Waals surface area contributed by atoms with E-state index < -0.39 is 0 Å². The Morgan fingerprint density at radius 3 is 2.76 bits per heavy atom. The zero-order valence-corrected chi connectivity index (χ0v) is 10.9. The third-order valence-corrected chi connectivity index (χ3v) is 4.54. The second-order valence-electron chi connectivity index (χ2n) is 4.44. The maximum absolute atomic E-state index is 2.39. The lowest BCUT2D eigenvalue weighted by Crippen LogP contribution is -1.96. The molecule has 0 amide bonds. The highest BCUT2D eigenvalue weighted by atomic mass is 32.2. The molecule has 0 spiro atoms. The van der Waals surface area contributed by atoms with E-state index in [0.29, 0.717) is 0 Å². The van der Waals surface area contributed by atoms with Gasteiger partial charge in [0.05, 0.1) is 0 Å². The predicted molar refractivity (Wildman–Crippen MR) is 78.4 cm³/mol. The molecule has 0 N–H and O–H groups in total. The minimum atomic E-state index is 1.08. The SMILES string of the molecule is CCCSC1=CCc2cccc3cccc1c23. The zero-order chi connectivity index (χ0) is 11.7. The van der Waals surface area contributed by atoms with Crippen LogP contribution < -0.4 is 0 Å². The van der Waals surface area contributed by atoms with Crippen molar-refractivity contribution in [3.63, 3.8) is 0 Å². The topological polar surface area (TPSA) is 0 Å². The molecule has 0 unspecified atom stereocenters. The minimum Gasteiger partial charge on any atom is -0.126 e. The lowest BCUT2D eigenvalue weighted by molar-refractivity contribution is 1.11. The zero-order valence-electron chi connectivity index (χ0n) is 10.1. The van der Waals surface area contributed by atoms with E-state index in [4.69, 9.17) is 0 Å². The summed E-state index contributed by atoms with van der Waals surface area (Å²) in [6.07, 6.45) is 4.71. The molecule has 86 valence electrons. The molecule has 1 aliphatic carbocycles. The smallest absolute Gasteiger partial charge is 0.0114 e. The van der Waals surface area contributed by atoms with Gasteiger partial charge in [-0.3, -0.25) is 0 Å². The van der Waals surface area contributed by atoms with Crippen molar-refractivity contribution in [1.82, 2.24) is 0 Å². The van der Waals surface area contributed by atoms with Crippen LogP contribution in [-0.2, 0) is 6.42 Å². The summed E-state index contributed by atoms with van der Waals surface area (Å²) in [6.45, 7) is 2.24. The van der Waals surface area contributed by atoms with Crippen LogP contribution in [0.5, 0.6) is 0 Å². The van der Waals surface area contributed by atoms with Crippen molar-refractivity contribution in [2.75, 3.05) is 5.75 Å². The summed E-state index contributed by atoms with van der Waals surface area (Å²) in [5, 5.41) is 2.85. The number of thioether (sulfide) groups is 1. The molecule has 2 aromatic rings. The molecule has 0 nitrogen and oxygen atoms in total. The van der Waals surface area contributed by atoms with E-state index in [1.807, 2.05) is 11.8 Å². The van der Waals surface area contributed by atoms with Crippen LogP contribution >= 0.6 is 11.8 Å². The Labute approximate surface area is 107 Å². The summed E-state index contributed by atoms with van der Waals surface area (Å²) in [6, 6.07) is 13.3. The van der Waals surface area contributed by atoms with Crippen molar-refractivity contribution in [2.45, 2.75) is 19.8 Å². The third-order valence-electron chi connectivity index (χ3n) is 3.23. The number of allylic oxidation sites excluding steroid dienone is 1. The summed E-state index contributed by atoms with van der Waals surface area (Å²) in [7, 11) is 0. The molecule has 1 heteroatoms. The molecule has 0 saturated heterocycles. The van der Waals surface area contributed by atoms with Gasteiger partial charge in [0.1, 0.15) is 0 Å². The van der Waals surface area contributed by atoms with Crippen LogP contribution in [0.4, 0.5) is 0 Å². The summed E-state index contributed by atoms with van der Waals surface area (Å²) in [5.41, 5.74) is 2.90.